The fourth-order valence-electron chi connectivity index (χ4n) is 2.77. The topological polar surface area (TPSA) is 99.3 Å². The number of carboxylic acid groups (broad SMARTS) is 1. The van der Waals surface area contributed by atoms with Crippen LogP contribution in [-0.4, -0.2) is 22.0 Å². The van der Waals surface area contributed by atoms with Crippen molar-refractivity contribution in [2.75, 3.05) is 0 Å². The molecule has 3 rings (SSSR count). The number of rotatable bonds is 5. The summed E-state index contributed by atoms with van der Waals surface area (Å²) in [5.41, 5.74) is -0.280. The Morgan fingerprint density at radius 1 is 1.18 bits per heavy atom. The Balaban J connectivity index is 1.86. The van der Waals surface area contributed by atoms with Gasteiger partial charge in [0.25, 0.3) is 5.56 Å². The van der Waals surface area contributed by atoms with E-state index in [9.17, 15) is 18.8 Å². The maximum absolute atomic E-state index is 13.8. The van der Waals surface area contributed by atoms with Crippen molar-refractivity contribution >= 4 is 46.0 Å². The monoisotopic (exact) mass is 422 g/mol. The Morgan fingerprint density at radius 3 is 2.61 bits per heavy atom. The first-order valence-corrected chi connectivity index (χ1v) is 8.80. The number of aromatic nitrogens is 1. The van der Waals surface area contributed by atoms with Crippen LogP contribution in [0.5, 0.6) is 0 Å². The van der Waals surface area contributed by atoms with Gasteiger partial charge in [-0.3, -0.25) is 9.59 Å². The van der Waals surface area contributed by atoms with Gasteiger partial charge in [0.2, 0.25) is 5.91 Å². The Morgan fingerprint density at radius 2 is 1.93 bits per heavy atom. The minimum absolute atomic E-state index is 0.00960. The molecule has 0 bridgehead atoms. The molecule has 0 radical (unpaired) electrons. The average molecular weight is 423 g/mol. The van der Waals surface area contributed by atoms with Crippen LogP contribution >= 0.6 is 23.2 Å². The van der Waals surface area contributed by atoms with Gasteiger partial charge >= 0.3 is 5.97 Å². The summed E-state index contributed by atoms with van der Waals surface area (Å²) in [6.07, 6.45) is -0.260. The number of aromatic carboxylic acids is 1. The second-order valence-electron chi connectivity index (χ2n) is 6.00. The number of pyridine rings is 1. The van der Waals surface area contributed by atoms with Crippen molar-refractivity contribution in [1.82, 2.24) is 10.3 Å². The Bertz CT molecular complexity index is 1140. The highest BCUT2D eigenvalue weighted by Gasteiger charge is 2.15. The summed E-state index contributed by atoms with van der Waals surface area (Å²) >= 11 is 12.0. The van der Waals surface area contributed by atoms with Crippen LogP contribution in [0.2, 0.25) is 10.0 Å². The molecule has 0 atom stereocenters. The lowest BCUT2D eigenvalue weighted by molar-refractivity contribution is -0.120. The summed E-state index contributed by atoms with van der Waals surface area (Å²) in [4.78, 5) is 37.8. The molecule has 0 aliphatic carbocycles. The zero-order valence-electron chi connectivity index (χ0n) is 14.2. The first kappa shape index (κ1) is 19.9. The number of halogens is 3. The summed E-state index contributed by atoms with van der Waals surface area (Å²) in [7, 11) is 0. The molecule has 0 spiro atoms. The van der Waals surface area contributed by atoms with Crippen molar-refractivity contribution in [3.63, 3.8) is 0 Å². The average Bonchev–Trinajstić information content (AvgIpc) is 2.62. The number of H-pyrrole nitrogens is 1. The standard InChI is InChI=1S/C19H13Cl2FN2O4/c20-11-4-9-6-13(19(27)28)18(26)24-17(9)10(5-11)8-23-16(25)7-12-14(21)2-1-3-15(12)22/h1-6H,7-8H2,(H,23,25)(H,24,26)(H,27,28). The van der Waals surface area contributed by atoms with Crippen LogP contribution in [0.3, 0.4) is 0 Å². The van der Waals surface area contributed by atoms with Gasteiger partial charge in [0.1, 0.15) is 11.4 Å². The van der Waals surface area contributed by atoms with Crippen molar-refractivity contribution in [2.24, 2.45) is 0 Å². The van der Waals surface area contributed by atoms with Crippen LogP contribution in [0.25, 0.3) is 10.9 Å². The fourth-order valence-corrected chi connectivity index (χ4v) is 3.25. The molecule has 2 aromatic carbocycles. The highest BCUT2D eigenvalue weighted by Crippen LogP contribution is 2.23. The summed E-state index contributed by atoms with van der Waals surface area (Å²) in [6, 6.07) is 8.40. The summed E-state index contributed by atoms with van der Waals surface area (Å²) < 4.78 is 13.8. The van der Waals surface area contributed by atoms with E-state index >= 15 is 0 Å². The predicted octanol–water partition coefficient (Wildman–Crippen LogP) is 3.53. The maximum Gasteiger partial charge on any atom is 0.341 e. The third kappa shape index (κ3) is 4.16. The molecule has 3 N–H and O–H groups in total. The van der Waals surface area contributed by atoms with Gasteiger partial charge in [-0.2, -0.15) is 0 Å². The zero-order chi connectivity index (χ0) is 20.4. The number of nitrogens with one attached hydrogen (secondary N) is 2. The van der Waals surface area contributed by atoms with E-state index in [1.165, 1.54) is 36.4 Å². The van der Waals surface area contributed by atoms with Gasteiger partial charge in [-0.15, -0.1) is 0 Å². The van der Waals surface area contributed by atoms with E-state index in [2.05, 4.69) is 10.3 Å². The Kier molecular flexibility index (Phi) is 5.67. The van der Waals surface area contributed by atoms with Gasteiger partial charge in [0, 0.05) is 27.5 Å². The quantitative estimate of drug-likeness (QED) is 0.585. The van der Waals surface area contributed by atoms with Gasteiger partial charge in [-0.05, 0) is 35.9 Å². The van der Waals surface area contributed by atoms with Crippen molar-refractivity contribution in [2.45, 2.75) is 13.0 Å². The predicted molar refractivity (Wildman–Crippen MR) is 103 cm³/mol. The first-order chi connectivity index (χ1) is 13.3. The van der Waals surface area contributed by atoms with E-state index in [-0.39, 0.29) is 23.6 Å². The Labute approximate surface area is 167 Å². The lowest BCUT2D eigenvalue weighted by atomic mass is 10.1. The van der Waals surface area contributed by atoms with E-state index in [1.54, 1.807) is 0 Å². The van der Waals surface area contributed by atoms with Gasteiger partial charge in [-0.25, -0.2) is 9.18 Å². The lowest BCUT2D eigenvalue weighted by Crippen LogP contribution is -2.25. The number of benzene rings is 2. The number of aromatic amines is 1. The highest BCUT2D eigenvalue weighted by atomic mass is 35.5. The minimum Gasteiger partial charge on any atom is -0.477 e. The molecule has 0 aliphatic rings. The Hall–Kier alpha value is -2.90. The second kappa shape index (κ2) is 8.00. The van der Waals surface area contributed by atoms with Crippen LogP contribution in [0, 0.1) is 5.82 Å². The number of carboxylic acids is 1. The third-order valence-corrected chi connectivity index (χ3v) is 4.68. The van der Waals surface area contributed by atoms with E-state index in [1.807, 2.05) is 0 Å². The van der Waals surface area contributed by atoms with Crippen LogP contribution in [0.1, 0.15) is 21.5 Å². The van der Waals surface area contributed by atoms with Crippen LogP contribution in [0.15, 0.2) is 41.2 Å². The maximum atomic E-state index is 13.8. The van der Waals surface area contributed by atoms with Gasteiger partial charge in [0.15, 0.2) is 0 Å². The fraction of sp³-hybridized carbons (Fsp3) is 0.105. The molecule has 28 heavy (non-hydrogen) atoms. The van der Waals surface area contributed by atoms with E-state index in [4.69, 9.17) is 28.3 Å². The molecule has 144 valence electrons. The van der Waals surface area contributed by atoms with Crippen molar-refractivity contribution in [3.05, 3.63) is 79.3 Å². The number of carbonyl (C=O) groups excluding carboxylic acids is 1. The molecular formula is C19H13Cl2FN2O4. The molecule has 9 heteroatoms. The van der Waals surface area contributed by atoms with Gasteiger partial charge < -0.3 is 15.4 Å². The number of amides is 1. The van der Waals surface area contributed by atoms with Crippen LogP contribution < -0.4 is 10.9 Å². The number of hydrogen-bond acceptors (Lipinski definition) is 3. The molecule has 0 saturated carbocycles. The van der Waals surface area contributed by atoms with E-state index < -0.39 is 28.8 Å². The van der Waals surface area contributed by atoms with Gasteiger partial charge in [-0.1, -0.05) is 29.3 Å². The van der Waals surface area contributed by atoms with Gasteiger partial charge in [0.05, 0.1) is 11.9 Å². The summed E-state index contributed by atoms with van der Waals surface area (Å²) in [5.74, 6) is -2.43. The van der Waals surface area contributed by atoms with E-state index in [0.717, 1.165) is 0 Å². The van der Waals surface area contributed by atoms with Crippen LogP contribution in [0.4, 0.5) is 4.39 Å². The third-order valence-electron chi connectivity index (χ3n) is 4.10. The van der Waals surface area contributed by atoms with Crippen molar-refractivity contribution < 1.29 is 19.1 Å². The highest BCUT2D eigenvalue weighted by molar-refractivity contribution is 6.31. The van der Waals surface area contributed by atoms with Crippen LogP contribution in [-0.2, 0) is 17.8 Å². The SMILES string of the molecule is O=C(Cc1c(F)cccc1Cl)NCc1cc(Cl)cc2cc(C(=O)O)c(=O)[nH]c12. The molecule has 0 saturated heterocycles. The smallest absolute Gasteiger partial charge is 0.341 e. The normalized spacial score (nSPS) is 10.8. The molecular weight excluding hydrogens is 410 g/mol. The molecule has 6 nitrogen and oxygen atoms in total. The summed E-state index contributed by atoms with van der Waals surface area (Å²) in [6.45, 7) is -0.00960. The summed E-state index contributed by atoms with van der Waals surface area (Å²) in [5, 5.41) is 12.5. The molecule has 1 heterocycles. The molecule has 1 amide bonds. The lowest BCUT2D eigenvalue weighted by Gasteiger charge is -2.11. The minimum atomic E-state index is -1.36. The largest absolute Gasteiger partial charge is 0.477 e. The number of fused-ring (bicyclic) bond motifs is 1. The van der Waals surface area contributed by atoms with E-state index in [0.29, 0.717) is 21.5 Å². The molecule has 0 fully saturated rings. The number of carbonyl (C=O) groups is 2. The van der Waals surface area contributed by atoms with Crippen molar-refractivity contribution in [3.8, 4) is 0 Å². The molecule has 0 aliphatic heterocycles. The molecule has 1 aromatic heterocycles. The van der Waals surface area contributed by atoms with Crippen molar-refractivity contribution in [1.29, 1.82) is 0 Å². The molecule has 0 unspecified atom stereocenters. The zero-order valence-corrected chi connectivity index (χ0v) is 15.7. The number of hydrogen-bond donors (Lipinski definition) is 3. The first-order valence-electron chi connectivity index (χ1n) is 8.04. The second-order valence-corrected chi connectivity index (χ2v) is 6.84. The molecule has 3 aromatic rings.